The minimum Gasteiger partial charge on any atom is -0.487 e. The second-order valence-corrected chi connectivity index (χ2v) is 3.98. The first-order valence-electron chi connectivity index (χ1n) is 5.09. The van der Waals surface area contributed by atoms with E-state index in [2.05, 4.69) is 6.07 Å². The van der Waals surface area contributed by atoms with Gasteiger partial charge in [0.2, 0.25) is 0 Å². The highest BCUT2D eigenvalue weighted by molar-refractivity contribution is 5.64. The molecule has 2 rings (SSSR count). The monoisotopic (exact) mass is 202 g/mol. The number of rotatable bonds is 3. The van der Waals surface area contributed by atoms with Crippen LogP contribution in [0.4, 0.5) is 5.69 Å². The predicted octanol–water partition coefficient (Wildman–Crippen LogP) is 2.17. The molecule has 0 saturated heterocycles. The second kappa shape index (κ2) is 3.82. The zero-order chi connectivity index (χ0) is 10.8. The van der Waals surface area contributed by atoms with Gasteiger partial charge < -0.3 is 9.64 Å². The van der Waals surface area contributed by atoms with E-state index in [1.807, 2.05) is 31.1 Å². The molecule has 0 radical (unpaired) electrons. The van der Waals surface area contributed by atoms with E-state index in [4.69, 9.17) is 10.00 Å². The molecule has 0 spiro atoms. The molecule has 1 fully saturated rings. The zero-order valence-corrected chi connectivity index (χ0v) is 9.03. The molecule has 3 nitrogen and oxygen atoms in total. The second-order valence-electron chi connectivity index (χ2n) is 3.98. The van der Waals surface area contributed by atoms with Crippen molar-refractivity contribution in [1.82, 2.24) is 0 Å². The van der Waals surface area contributed by atoms with Crippen LogP contribution in [0.25, 0.3) is 0 Å². The Morgan fingerprint density at radius 2 is 2.13 bits per heavy atom. The molecule has 0 N–H and O–H groups in total. The average molecular weight is 202 g/mol. The van der Waals surface area contributed by atoms with E-state index in [1.165, 1.54) is 0 Å². The number of hydrogen-bond donors (Lipinski definition) is 0. The standard InChI is InChI=1S/C12H14N2O/c1-14(2)11-5-3-4-9(8-13)12(11)15-10-6-7-10/h3-5,10H,6-7H2,1-2H3. The van der Waals surface area contributed by atoms with Gasteiger partial charge in [0.05, 0.1) is 17.4 Å². The molecule has 0 unspecified atom stereocenters. The Morgan fingerprint density at radius 1 is 1.40 bits per heavy atom. The molecule has 15 heavy (non-hydrogen) atoms. The van der Waals surface area contributed by atoms with Crippen molar-refractivity contribution in [2.24, 2.45) is 0 Å². The van der Waals surface area contributed by atoms with E-state index in [1.54, 1.807) is 6.07 Å². The van der Waals surface area contributed by atoms with Crippen molar-refractivity contribution in [1.29, 1.82) is 5.26 Å². The van der Waals surface area contributed by atoms with Crippen LogP contribution >= 0.6 is 0 Å². The number of hydrogen-bond acceptors (Lipinski definition) is 3. The fourth-order valence-corrected chi connectivity index (χ4v) is 1.44. The number of benzene rings is 1. The van der Waals surface area contributed by atoms with Gasteiger partial charge in [0, 0.05) is 14.1 Å². The summed E-state index contributed by atoms with van der Waals surface area (Å²) in [6.07, 6.45) is 2.53. The van der Waals surface area contributed by atoms with Gasteiger partial charge in [0.1, 0.15) is 6.07 Å². The van der Waals surface area contributed by atoms with Crippen LogP contribution in [0.5, 0.6) is 5.75 Å². The van der Waals surface area contributed by atoms with E-state index in [0.717, 1.165) is 24.3 Å². The third kappa shape index (κ3) is 2.04. The molecule has 1 aromatic carbocycles. The lowest BCUT2D eigenvalue weighted by molar-refractivity contribution is 0.303. The van der Waals surface area contributed by atoms with Crippen molar-refractivity contribution in [2.75, 3.05) is 19.0 Å². The summed E-state index contributed by atoms with van der Waals surface area (Å²) in [6.45, 7) is 0. The number of nitrogens with zero attached hydrogens (tertiary/aromatic N) is 2. The van der Waals surface area contributed by atoms with Gasteiger partial charge in [0.15, 0.2) is 5.75 Å². The molecule has 0 amide bonds. The first kappa shape index (κ1) is 9.85. The smallest absolute Gasteiger partial charge is 0.160 e. The van der Waals surface area contributed by atoms with Crippen LogP contribution < -0.4 is 9.64 Å². The topological polar surface area (TPSA) is 36.3 Å². The zero-order valence-electron chi connectivity index (χ0n) is 9.03. The Kier molecular flexibility index (Phi) is 2.51. The Bertz CT molecular complexity index is 403. The molecule has 1 aliphatic rings. The Hall–Kier alpha value is -1.69. The Morgan fingerprint density at radius 3 is 2.67 bits per heavy atom. The Labute approximate surface area is 89.9 Å². The van der Waals surface area contributed by atoms with E-state index in [-0.39, 0.29) is 0 Å². The molecule has 78 valence electrons. The molecule has 0 heterocycles. The Balaban J connectivity index is 2.39. The summed E-state index contributed by atoms with van der Waals surface area (Å²) in [5.74, 6) is 0.729. The number of nitriles is 1. The van der Waals surface area contributed by atoms with Crippen LogP contribution in [0.3, 0.4) is 0 Å². The number of anilines is 1. The van der Waals surface area contributed by atoms with Crippen LogP contribution in [-0.2, 0) is 0 Å². The molecule has 0 aromatic heterocycles. The first-order chi connectivity index (χ1) is 7.22. The largest absolute Gasteiger partial charge is 0.487 e. The third-order valence-corrected chi connectivity index (χ3v) is 2.41. The molecule has 0 atom stereocenters. The predicted molar refractivity (Wildman–Crippen MR) is 59.1 cm³/mol. The highest BCUT2D eigenvalue weighted by Gasteiger charge is 2.26. The highest BCUT2D eigenvalue weighted by atomic mass is 16.5. The lowest BCUT2D eigenvalue weighted by atomic mass is 10.2. The summed E-state index contributed by atoms with van der Waals surface area (Å²) >= 11 is 0. The molecular weight excluding hydrogens is 188 g/mol. The fraction of sp³-hybridized carbons (Fsp3) is 0.417. The van der Waals surface area contributed by atoms with Crippen molar-refractivity contribution in [3.8, 4) is 11.8 Å². The summed E-state index contributed by atoms with van der Waals surface area (Å²) in [6, 6.07) is 7.82. The van der Waals surface area contributed by atoms with Crippen molar-refractivity contribution in [2.45, 2.75) is 18.9 Å². The van der Waals surface area contributed by atoms with Crippen LogP contribution in [0.1, 0.15) is 18.4 Å². The fourth-order valence-electron chi connectivity index (χ4n) is 1.44. The lowest BCUT2D eigenvalue weighted by Crippen LogP contribution is -2.12. The average Bonchev–Trinajstić information content (AvgIpc) is 3.01. The SMILES string of the molecule is CN(C)c1cccc(C#N)c1OC1CC1. The summed E-state index contributed by atoms with van der Waals surface area (Å²) < 4.78 is 5.78. The quantitative estimate of drug-likeness (QED) is 0.753. The van der Waals surface area contributed by atoms with Crippen molar-refractivity contribution < 1.29 is 4.74 Å². The summed E-state index contributed by atoms with van der Waals surface area (Å²) in [5.41, 5.74) is 1.59. The van der Waals surface area contributed by atoms with Crippen LogP contribution in [-0.4, -0.2) is 20.2 Å². The molecule has 1 aliphatic carbocycles. The summed E-state index contributed by atoms with van der Waals surface area (Å²) in [7, 11) is 3.91. The molecular formula is C12H14N2O. The summed E-state index contributed by atoms with van der Waals surface area (Å²) in [4.78, 5) is 1.97. The van der Waals surface area contributed by atoms with E-state index in [9.17, 15) is 0 Å². The van der Waals surface area contributed by atoms with Gasteiger partial charge in [-0.1, -0.05) is 6.07 Å². The molecule has 0 bridgehead atoms. The molecule has 0 aliphatic heterocycles. The van der Waals surface area contributed by atoms with Gasteiger partial charge in [-0.25, -0.2) is 0 Å². The van der Waals surface area contributed by atoms with Crippen molar-refractivity contribution in [3.05, 3.63) is 23.8 Å². The van der Waals surface area contributed by atoms with Crippen LogP contribution in [0.15, 0.2) is 18.2 Å². The molecule has 1 saturated carbocycles. The first-order valence-corrected chi connectivity index (χ1v) is 5.09. The molecule has 1 aromatic rings. The van der Waals surface area contributed by atoms with Crippen LogP contribution in [0, 0.1) is 11.3 Å². The van der Waals surface area contributed by atoms with Crippen molar-refractivity contribution >= 4 is 5.69 Å². The van der Waals surface area contributed by atoms with Crippen molar-refractivity contribution in [3.63, 3.8) is 0 Å². The third-order valence-electron chi connectivity index (χ3n) is 2.41. The van der Waals surface area contributed by atoms with Gasteiger partial charge in [0.25, 0.3) is 0 Å². The van der Waals surface area contributed by atoms with Gasteiger partial charge in [-0.05, 0) is 25.0 Å². The number of ether oxygens (including phenoxy) is 1. The maximum atomic E-state index is 9.01. The van der Waals surface area contributed by atoms with Gasteiger partial charge in [-0.2, -0.15) is 5.26 Å². The normalized spacial score (nSPS) is 14.5. The summed E-state index contributed by atoms with van der Waals surface area (Å²) in [5, 5.41) is 9.01. The van der Waals surface area contributed by atoms with Gasteiger partial charge in [-0.3, -0.25) is 0 Å². The van der Waals surface area contributed by atoms with Gasteiger partial charge in [-0.15, -0.1) is 0 Å². The molecule has 3 heteroatoms. The van der Waals surface area contributed by atoms with Crippen LogP contribution in [0.2, 0.25) is 0 Å². The minimum absolute atomic E-state index is 0.318. The van der Waals surface area contributed by atoms with E-state index >= 15 is 0 Å². The maximum Gasteiger partial charge on any atom is 0.160 e. The van der Waals surface area contributed by atoms with E-state index < -0.39 is 0 Å². The highest BCUT2D eigenvalue weighted by Crippen LogP contribution is 2.35. The maximum absolute atomic E-state index is 9.01. The van der Waals surface area contributed by atoms with Gasteiger partial charge >= 0.3 is 0 Å². The van der Waals surface area contributed by atoms with E-state index in [0.29, 0.717) is 11.7 Å². The minimum atomic E-state index is 0.318. The number of para-hydroxylation sites is 1. The lowest BCUT2D eigenvalue weighted by Gasteiger charge is -2.18.